The maximum absolute atomic E-state index is 12.7. The van der Waals surface area contributed by atoms with E-state index < -0.39 is 0 Å². The van der Waals surface area contributed by atoms with E-state index in [4.69, 9.17) is 4.74 Å². The van der Waals surface area contributed by atoms with Crippen LogP contribution in [-0.2, 0) is 11.2 Å². The molecule has 27 heavy (non-hydrogen) atoms. The van der Waals surface area contributed by atoms with Crippen molar-refractivity contribution in [2.45, 2.75) is 19.8 Å². The topological polar surface area (TPSA) is 49.9 Å². The van der Waals surface area contributed by atoms with Gasteiger partial charge in [-0.15, -0.1) is 0 Å². The number of carbonyl (C=O) groups excluding carboxylic acids is 2. The minimum Gasteiger partial charge on any atom is -0.497 e. The summed E-state index contributed by atoms with van der Waals surface area (Å²) in [7, 11) is 1.63. The second-order valence-corrected chi connectivity index (χ2v) is 6.92. The lowest BCUT2D eigenvalue weighted by atomic mass is 10.1. The third kappa shape index (κ3) is 4.88. The lowest BCUT2D eigenvalue weighted by Crippen LogP contribution is -2.38. The number of carbonyl (C=O) groups is 2. The van der Waals surface area contributed by atoms with Crippen LogP contribution in [0.3, 0.4) is 0 Å². The Morgan fingerprint density at radius 1 is 0.889 bits per heavy atom. The average Bonchev–Trinajstić information content (AvgIpc) is 2.95. The molecule has 1 heterocycles. The molecule has 2 aromatic carbocycles. The van der Waals surface area contributed by atoms with E-state index in [2.05, 4.69) is 0 Å². The van der Waals surface area contributed by atoms with E-state index in [1.165, 1.54) is 0 Å². The van der Waals surface area contributed by atoms with Crippen LogP contribution >= 0.6 is 0 Å². The van der Waals surface area contributed by atoms with Crippen molar-refractivity contribution in [3.8, 4) is 5.75 Å². The predicted molar refractivity (Wildman–Crippen MR) is 105 cm³/mol. The number of hydrogen-bond acceptors (Lipinski definition) is 3. The molecule has 1 aliphatic rings. The molecule has 3 rings (SSSR count). The fourth-order valence-corrected chi connectivity index (χ4v) is 3.28. The molecule has 5 heteroatoms. The fraction of sp³-hybridized carbons (Fsp3) is 0.364. The van der Waals surface area contributed by atoms with E-state index in [0.29, 0.717) is 38.2 Å². The van der Waals surface area contributed by atoms with Crippen molar-refractivity contribution in [1.82, 2.24) is 9.80 Å². The molecule has 0 aromatic heterocycles. The Balaban J connectivity index is 1.57. The van der Waals surface area contributed by atoms with Crippen molar-refractivity contribution in [2.24, 2.45) is 0 Å². The fourth-order valence-electron chi connectivity index (χ4n) is 3.28. The molecule has 0 radical (unpaired) electrons. The van der Waals surface area contributed by atoms with Gasteiger partial charge in [-0.3, -0.25) is 9.59 Å². The molecule has 2 amide bonds. The number of ether oxygens (including phenoxy) is 1. The molecular formula is C22H26N2O3. The normalized spacial score (nSPS) is 14.6. The lowest BCUT2D eigenvalue weighted by Gasteiger charge is -2.22. The van der Waals surface area contributed by atoms with Crippen LogP contribution in [0, 0.1) is 6.92 Å². The summed E-state index contributed by atoms with van der Waals surface area (Å²) in [5, 5.41) is 0. The molecule has 0 saturated carbocycles. The summed E-state index contributed by atoms with van der Waals surface area (Å²) in [6.45, 7) is 4.52. The van der Waals surface area contributed by atoms with Gasteiger partial charge < -0.3 is 14.5 Å². The molecule has 142 valence electrons. The molecule has 0 unspecified atom stereocenters. The number of hydrogen-bond donors (Lipinski definition) is 0. The Labute approximate surface area is 160 Å². The first-order chi connectivity index (χ1) is 13.1. The van der Waals surface area contributed by atoms with Crippen LogP contribution in [0.15, 0.2) is 48.5 Å². The van der Waals surface area contributed by atoms with E-state index in [9.17, 15) is 9.59 Å². The summed E-state index contributed by atoms with van der Waals surface area (Å²) in [6, 6.07) is 15.2. The van der Waals surface area contributed by atoms with E-state index >= 15 is 0 Å². The van der Waals surface area contributed by atoms with Crippen LogP contribution in [0.1, 0.15) is 27.9 Å². The molecule has 5 nitrogen and oxygen atoms in total. The Kier molecular flexibility index (Phi) is 6.12. The van der Waals surface area contributed by atoms with Gasteiger partial charge in [0.05, 0.1) is 13.5 Å². The molecule has 0 bridgehead atoms. The third-order valence-electron chi connectivity index (χ3n) is 4.95. The van der Waals surface area contributed by atoms with Gasteiger partial charge >= 0.3 is 0 Å². The summed E-state index contributed by atoms with van der Waals surface area (Å²) in [5.74, 6) is 0.926. The molecule has 0 atom stereocenters. The number of methoxy groups -OCH3 is 1. The maximum atomic E-state index is 12.7. The van der Waals surface area contributed by atoms with Crippen LogP contribution in [0.2, 0.25) is 0 Å². The highest BCUT2D eigenvalue weighted by Crippen LogP contribution is 2.14. The first-order valence-corrected chi connectivity index (χ1v) is 9.33. The minimum absolute atomic E-state index is 0.0412. The lowest BCUT2D eigenvalue weighted by molar-refractivity contribution is -0.130. The Morgan fingerprint density at radius 2 is 1.52 bits per heavy atom. The first-order valence-electron chi connectivity index (χ1n) is 9.33. The average molecular weight is 366 g/mol. The summed E-state index contributed by atoms with van der Waals surface area (Å²) in [6.07, 6.45) is 1.17. The zero-order valence-electron chi connectivity index (χ0n) is 16.0. The third-order valence-corrected chi connectivity index (χ3v) is 4.95. The second-order valence-electron chi connectivity index (χ2n) is 6.92. The van der Waals surface area contributed by atoms with Gasteiger partial charge in [-0.05, 0) is 43.2 Å². The van der Waals surface area contributed by atoms with Gasteiger partial charge in [0.1, 0.15) is 5.75 Å². The quantitative estimate of drug-likeness (QED) is 0.836. The van der Waals surface area contributed by atoms with Gasteiger partial charge in [0.25, 0.3) is 5.91 Å². The van der Waals surface area contributed by atoms with E-state index in [0.717, 1.165) is 23.3 Å². The standard InChI is InChI=1S/C22H26N2O3/c1-17-4-8-19(9-5-17)22(26)24-13-3-12-23(14-15-24)21(25)16-18-6-10-20(27-2)11-7-18/h4-11H,3,12-16H2,1-2H3. The van der Waals surface area contributed by atoms with Crippen LogP contribution < -0.4 is 4.74 Å². The van der Waals surface area contributed by atoms with Crippen molar-refractivity contribution < 1.29 is 14.3 Å². The van der Waals surface area contributed by atoms with Gasteiger partial charge in [-0.2, -0.15) is 0 Å². The molecule has 2 aromatic rings. The number of amides is 2. The van der Waals surface area contributed by atoms with E-state index in [1.54, 1.807) is 7.11 Å². The largest absolute Gasteiger partial charge is 0.497 e. The van der Waals surface area contributed by atoms with Crippen molar-refractivity contribution in [3.05, 3.63) is 65.2 Å². The maximum Gasteiger partial charge on any atom is 0.253 e. The van der Waals surface area contributed by atoms with Gasteiger partial charge in [-0.1, -0.05) is 29.8 Å². The molecule has 1 saturated heterocycles. The number of aryl methyl sites for hydroxylation is 1. The molecule has 1 aliphatic heterocycles. The minimum atomic E-state index is 0.0412. The van der Waals surface area contributed by atoms with E-state index in [-0.39, 0.29) is 11.8 Å². The van der Waals surface area contributed by atoms with Crippen LogP contribution in [0.5, 0.6) is 5.75 Å². The summed E-state index contributed by atoms with van der Waals surface area (Å²) < 4.78 is 5.15. The second kappa shape index (κ2) is 8.71. The van der Waals surface area contributed by atoms with Crippen LogP contribution in [0.4, 0.5) is 0 Å². The van der Waals surface area contributed by atoms with Crippen molar-refractivity contribution >= 4 is 11.8 Å². The molecular weight excluding hydrogens is 340 g/mol. The number of rotatable bonds is 4. The van der Waals surface area contributed by atoms with Crippen LogP contribution in [0.25, 0.3) is 0 Å². The van der Waals surface area contributed by atoms with Gasteiger partial charge in [0.15, 0.2) is 0 Å². The van der Waals surface area contributed by atoms with Gasteiger partial charge in [0, 0.05) is 31.7 Å². The van der Waals surface area contributed by atoms with E-state index in [1.807, 2.05) is 65.3 Å². The molecule has 0 N–H and O–H groups in total. The van der Waals surface area contributed by atoms with Crippen LogP contribution in [-0.4, -0.2) is 54.9 Å². The smallest absolute Gasteiger partial charge is 0.253 e. The SMILES string of the molecule is COc1ccc(CC(=O)N2CCCN(C(=O)c3ccc(C)cc3)CC2)cc1. The molecule has 0 spiro atoms. The molecule has 0 aliphatic carbocycles. The highest BCUT2D eigenvalue weighted by Gasteiger charge is 2.22. The zero-order valence-corrected chi connectivity index (χ0v) is 16.0. The predicted octanol–water partition coefficient (Wildman–Crippen LogP) is 2.92. The van der Waals surface area contributed by atoms with Gasteiger partial charge in [0.2, 0.25) is 5.91 Å². The number of benzene rings is 2. The Bertz CT molecular complexity index is 784. The van der Waals surface area contributed by atoms with Crippen molar-refractivity contribution in [1.29, 1.82) is 0 Å². The highest BCUT2D eigenvalue weighted by molar-refractivity contribution is 5.94. The highest BCUT2D eigenvalue weighted by atomic mass is 16.5. The monoisotopic (exact) mass is 366 g/mol. The summed E-state index contributed by atoms with van der Waals surface area (Å²) in [5.41, 5.74) is 2.81. The Morgan fingerprint density at radius 3 is 2.19 bits per heavy atom. The first kappa shape index (κ1) is 19.0. The number of nitrogens with zero attached hydrogens (tertiary/aromatic N) is 2. The molecule has 1 fully saturated rings. The Hall–Kier alpha value is -2.82. The van der Waals surface area contributed by atoms with Gasteiger partial charge in [-0.25, -0.2) is 0 Å². The van der Waals surface area contributed by atoms with Crippen molar-refractivity contribution in [2.75, 3.05) is 33.3 Å². The summed E-state index contributed by atoms with van der Waals surface area (Å²) in [4.78, 5) is 29.1. The summed E-state index contributed by atoms with van der Waals surface area (Å²) >= 11 is 0. The van der Waals surface area contributed by atoms with Crippen molar-refractivity contribution in [3.63, 3.8) is 0 Å². The zero-order chi connectivity index (χ0) is 19.2.